The van der Waals surface area contributed by atoms with E-state index in [4.69, 9.17) is 0 Å². The summed E-state index contributed by atoms with van der Waals surface area (Å²) < 4.78 is 0. The van der Waals surface area contributed by atoms with Gasteiger partial charge in [-0.05, 0) is 61.9 Å². The van der Waals surface area contributed by atoms with Crippen LogP contribution in [0.2, 0.25) is 0 Å². The third-order valence-corrected chi connectivity index (χ3v) is 7.13. The van der Waals surface area contributed by atoms with Crippen molar-refractivity contribution in [1.82, 2.24) is 15.5 Å². The first-order valence-corrected chi connectivity index (χ1v) is 12.6. The van der Waals surface area contributed by atoms with E-state index in [0.717, 1.165) is 44.9 Å². The Bertz CT molecular complexity index is 990. The first kappa shape index (κ1) is 24.0. The van der Waals surface area contributed by atoms with Crippen molar-refractivity contribution in [1.29, 1.82) is 0 Å². The van der Waals surface area contributed by atoms with Crippen LogP contribution >= 0.6 is 0 Å². The van der Waals surface area contributed by atoms with Crippen LogP contribution in [0.15, 0.2) is 54.6 Å². The molecule has 1 saturated heterocycles. The molecule has 0 bridgehead atoms. The second kappa shape index (κ2) is 11.3. The zero-order valence-corrected chi connectivity index (χ0v) is 20.0. The van der Waals surface area contributed by atoms with Crippen molar-refractivity contribution in [3.63, 3.8) is 0 Å². The highest BCUT2D eigenvalue weighted by Gasteiger charge is 2.33. The molecule has 180 valence electrons. The molecule has 1 saturated carbocycles. The topological polar surface area (TPSA) is 78.5 Å². The van der Waals surface area contributed by atoms with Crippen molar-refractivity contribution >= 4 is 17.7 Å². The number of likely N-dealkylation sites (tertiary alicyclic amines) is 1. The number of piperidine rings is 1. The van der Waals surface area contributed by atoms with Crippen molar-refractivity contribution in [2.75, 3.05) is 13.1 Å². The number of carbonyl (C=O) groups is 3. The lowest BCUT2D eigenvalue weighted by Crippen LogP contribution is -2.55. The van der Waals surface area contributed by atoms with Gasteiger partial charge in [-0.1, -0.05) is 50.1 Å². The number of rotatable bonds is 6. The van der Waals surface area contributed by atoms with Gasteiger partial charge in [0.05, 0.1) is 5.92 Å². The summed E-state index contributed by atoms with van der Waals surface area (Å²) in [4.78, 5) is 40.7. The van der Waals surface area contributed by atoms with Gasteiger partial charge < -0.3 is 15.5 Å². The Hall–Kier alpha value is -3.15. The smallest absolute Gasteiger partial charge is 0.253 e. The van der Waals surface area contributed by atoms with Gasteiger partial charge in [0, 0.05) is 36.3 Å². The second-order valence-electron chi connectivity index (χ2n) is 9.49. The molecule has 1 heterocycles. The maximum atomic E-state index is 13.2. The zero-order chi connectivity index (χ0) is 23.9. The van der Waals surface area contributed by atoms with Crippen LogP contribution in [0, 0.1) is 5.92 Å². The van der Waals surface area contributed by atoms with Crippen molar-refractivity contribution in [2.45, 2.75) is 64.0 Å². The van der Waals surface area contributed by atoms with Crippen LogP contribution < -0.4 is 10.6 Å². The Morgan fingerprint density at radius 1 is 0.824 bits per heavy atom. The maximum absolute atomic E-state index is 13.2. The van der Waals surface area contributed by atoms with E-state index in [1.807, 2.05) is 47.4 Å². The lowest BCUT2D eigenvalue weighted by molar-refractivity contribution is -0.127. The second-order valence-corrected chi connectivity index (χ2v) is 9.49. The van der Waals surface area contributed by atoms with Crippen molar-refractivity contribution in [2.24, 2.45) is 5.92 Å². The molecular weight excluding hydrogens is 426 g/mol. The van der Waals surface area contributed by atoms with Crippen LogP contribution in [-0.4, -0.2) is 47.8 Å². The molecule has 2 aromatic carbocycles. The van der Waals surface area contributed by atoms with Gasteiger partial charge in [0.1, 0.15) is 0 Å². The summed E-state index contributed by atoms with van der Waals surface area (Å²) in [6.45, 7) is 3.21. The number of aryl methyl sites for hydroxylation is 1. The number of hydrogen-bond acceptors (Lipinski definition) is 3. The Balaban J connectivity index is 1.35. The predicted octanol–water partition coefficient (Wildman–Crippen LogP) is 3.96. The summed E-state index contributed by atoms with van der Waals surface area (Å²) in [5, 5.41) is 6.35. The number of amides is 3. The van der Waals surface area contributed by atoms with Crippen LogP contribution in [0.25, 0.3) is 0 Å². The van der Waals surface area contributed by atoms with Crippen molar-refractivity contribution in [3.8, 4) is 0 Å². The lowest BCUT2D eigenvalue weighted by Gasteiger charge is -2.36. The third-order valence-electron chi connectivity index (χ3n) is 7.13. The molecule has 1 aliphatic carbocycles. The molecule has 34 heavy (non-hydrogen) atoms. The largest absolute Gasteiger partial charge is 0.351 e. The van der Waals surface area contributed by atoms with Gasteiger partial charge >= 0.3 is 0 Å². The molecule has 0 aromatic heterocycles. The summed E-state index contributed by atoms with van der Waals surface area (Å²) in [6, 6.07) is 16.8. The molecule has 2 fully saturated rings. The molecular formula is C28H35N3O3. The van der Waals surface area contributed by atoms with E-state index < -0.39 is 0 Å². The van der Waals surface area contributed by atoms with Crippen LogP contribution in [-0.2, 0) is 11.2 Å². The van der Waals surface area contributed by atoms with Crippen molar-refractivity contribution < 1.29 is 14.4 Å². The molecule has 1 aliphatic heterocycles. The fraction of sp³-hybridized carbons (Fsp3) is 0.464. The first-order chi connectivity index (χ1) is 16.5. The molecule has 2 aromatic rings. The minimum atomic E-state index is -0.222. The van der Waals surface area contributed by atoms with Crippen LogP contribution in [0.4, 0.5) is 0 Å². The van der Waals surface area contributed by atoms with E-state index in [2.05, 4.69) is 17.6 Å². The highest BCUT2D eigenvalue weighted by molar-refractivity contribution is 5.95. The highest BCUT2D eigenvalue weighted by atomic mass is 16.2. The van der Waals surface area contributed by atoms with Gasteiger partial charge in [-0.2, -0.15) is 0 Å². The third kappa shape index (κ3) is 5.85. The molecule has 4 rings (SSSR count). The fourth-order valence-electron chi connectivity index (χ4n) is 5.06. The van der Waals surface area contributed by atoms with Gasteiger partial charge in [-0.25, -0.2) is 0 Å². The monoisotopic (exact) mass is 461 g/mol. The minimum absolute atomic E-state index is 0.00850. The summed E-state index contributed by atoms with van der Waals surface area (Å²) in [5.74, 6) is -0.342. The fourth-order valence-corrected chi connectivity index (χ4v) is 5.06. The summed E-state index contributed by atoms with van der Waals surface area (Å²) in [7, 11) is 0. The number of benzene rings is 2. The van der Waals surface area contributed by atoms with Gasteiger partial charge in [0.25, 0.3) is 11.8 Å². The number of hydrogen-bond donors (Lipinski definition) is 2. The number of carbonyl (C=O) groups excluding carboxylic acids is 3. The molecule has 6 nitrogen and oxygen atoms in total. The Labute approximate surface area is 202 Å². The van der Waals surface area contributed by atoms with E-state index >= 15 is 0 Å². The lowest BCUT2D eigenvalue weighted by atomic mass is 9.88. The molecule has 3 amide bonds. The van der Waals surface area contributed by atoms with Gasteiger partial charge in [-0.3, -0.25) is 14.4 Å². The Morgan fingerprint density at radius 3 is 2.18 bits per heavy atom. The molecule has 0 radical (unpaired) electrons. The number of nitrogens with one attached hydrogen (secondary N) is 2. The molecule has 0 spiro atoms. The zero-order valence-electron chi connectivity index (χ0n) is 20.0. The van der Waals surface area contributed by atoms with Crippen LogP contribution in [0.5, 0.6) is 0 Å². The number of nitrogens with zero attached hydrogens (tertiary/aromatic N) is 1. The van der Waals surface area contributed by atoms with E-state index in [9.17, 15) is 14.4 Å². The SMILES string of the molecule is CCc1ccc(C(=O)N2CCC[C@@H](C(=O)N[C@@H]3CCCC[C@H]3NC(=O)c3ccccc3)C2)cc1. The van der Waals surface area contributed by atoms with Gasteiger partial charge in [-0.15, -0.1) is 0 Å². The Kier molecular flexibility index (Phi) is 7.99. The van der Waals surface area contributed by atoms with Gasteiger partial charge in [0.15, 0.2) is 0 Å². The quantitative estimate of drug-likeness (QED) is 0.684. The average molecular weight is 462 g/mol. The van der Waals surface area contributed by atoms with E-state index in [0.29, 0.717) is 24.2 Å². The Morgan fingerprint density at radius 2 is 1.50 bits per heavy atom. The average Bonchev–Trinajstić information content (AvgIpc) is 2.90. The minimum Gasteiger partial charge on any atom is -0.351 e. The summed E-state index contributed by atoms with van der Waals surface area (Å²) in [5.41, 5.74) is 2.51. The molecule has 2 aliphatic rings. The predicted molar refractivity (Wildman–Crippen MR) is 133 cm³/mol. The van der Waals surface area contributed by atoms with Crippen LogP contribution in [0.1, 0.15) is 71.7 Å². The van der Waals surface area contributed by atoms with Crippen LogP contribution in [0.3, 0.4) is 0 Å². The van der Waals surface area contributed by atoms with Gasteiger partial charge in [0.2, 0.25) is 5.91 Å². The molecule has 6 heteroatoms. The first-order valence-electron chi connectivity index (χ1n) is 12.6. The van der Waals surface area contributed by atoms with E-state index in [1.54, 1.807) is 12.1 Å². The molecule has 2 N–H and O–H groups in total. The molecule has 0 unspecified atom stereocenters. The normalized spacial score (nSPS) is 22.6. The maximum Gasteiger partial charge on any atom is 0.253 e. The highest BCUT2D eigenvalue weighted by Crippen LogP contribution is 2.23. The van der Waals surface area contributed by atoms with E-state index in [-0.39, 0.29) is 35.7 Å². The molecule has 3 atom stereocenters. The van der Waals surface area contributed by atoms with E-state index in [1.165, 1.54) is 5.56 Å². The van der Waals surface area contributed by atoms with Crippen molar-refractivity contribution in [3.05, 3.63) is 71.3 Å². The summed E-state index contributed by atoms with van der Waals surface area (Å²) >= 11 is 0. The summed E-state index contributed by atoms with van der Waals surface area (Å²) in [6.07, 6.45) is 6.31. The standard InChI is InChI=1S/C28H35N3O3/c1-2-20-14-16-22(17-15-20)28(34)31-18-8-11-23(19-31)27(33)30-25-13-7-6-12-24(25)29-26(32)21-9-4-3-5-10-21/h3-5,9-10,14-17,23-25H,2,6-8,11-13,18-19H2,1H3,(H,29,32)(H,30,33)/t23-,24-,25-/m1/s1.